The van der Waals surface area contributed by atoms with Crippen molar-refractivity contribution in [1.29, 1.82) is 0 Å². The van der Waals surface area contributed by atoms with Crippen LogP contribution in [0.5, 0.6) is 0 Å². The molecule has 1 heterocycles. The van der Waals surface area contributed by atoms with Crippen LogP contribution in [0.3, 0.4) is 0 Å². The van der Waals surface area contributed by atoms with E-state index >= 15 is 0 Å². The van der Waals surface area contributed by atoms with Gasteiger partial charge < -0.3 is 10.5 Å². The zero-order valence-electron chi connectivity index (χ0n) is 8.65. The molecule has 0 amide bonds. The molecule has 0 aromatic carbocycles. The van der Waals surface area contributed by atoms with Gasteiger partial charge >= 0.3 is 0 Å². The Kier molecular flexibility index (Phi) is 3.27. The van der Waals surface area contributed by atoms with Crippen molar-refractivity contribution in [3.8, 4) is 0 Å². The highest BCUT2D eigenvalue weighted by Crippen LogP contribution is 2.36. The summed E-state index contributed by atoms with van der Waals surface area (Å²) in [5.74, 6) is 7.37. The van der Waals surface area contributed by atoms with Crippen LogP contribution in [0.1, 0.15) is 44.9 Å². The van der Waals surface area contributed by atoms with Crippen LogP contribution in [-0.4, -0.2) is 16.5 Å². The first-order valence-corrected chi connectivity index (χ1v) is 6.15. The second-order valence-corrected chi connectivity index (χ2v) is 5.01. The average Bonchev–Trinajstić information content (AvgIpc) is 2.39. The number of hydrazone groups is 1. The molecule has 0 radical (unpaired) electrons. The SMILES string of the molecule is N/N=C1\CCCC2CCCCC2N1P. The van der Waals surface area contributed by atoms with Crippen LogP contribution in [-0.2, 0) is 0 Å². The molecule has 14 heavy (non-hydrogen) atoms. The topological polar surface area (TPSA) is 41.6 Å². The van der Waals surface area contributed by atoms with Gasteiger partial charge in [-0.05, 0) is 41.0 Å². The van der Waals surface area contributed by atoms with Gasteiger partial charge in [-0.1, -0.05) is 12.8 Å². The molecule has 1 aliphatic carbocycles. The van der Waals surface area contributed by atoms with E-state index in [1.54, 1.807) is 0 Å². The number of fused-ring (bicyclic) bond motifs is 1. The number of rotatable bonds is 0. The van der Waals surface area contributed by atoms with E-state index in [1.807, 2.05) is 0 Å². The molecule has 0 spiro atoms. The molecule has 0 bridgehead atoms. The van der Waals surface area contributed by atoms with Crippen molar-refractivity contribution in [3.63, 3.8) is 0 Å². The lowest BCUT2D eigenvalue weighted by molar-refractivity contribution is 0.232. The van der Waals surface area contributed by atoms with E-state index in [-0.39, 0.29) is 0 Å². The number of nitrogens with zero attached hydrogens (tertiary/aromatic N) is 2. The molecule has 2 N–H and O–H groups in total. The zero-order chi connectivity index (χ0) is 9.97. The Balaban J connectivity index is 2.13. The van der Waals surface area contributed by atoms with Crippen LogP contribution in [0.15, 0.2) is 5.10 Å². The molecule has 0 aromatic rings. The molecule has 1 saturated heterocycles. The highest BCUT2D eigenvalue weighted by molar-refractivity contribution is 7.14. The Hall–Kier alpha value is -0.300. The smallest absolute Gasteiger partial charge is 0.127 e. The second-order valence-electron chi connectivity index (χ2n) is 4.46. The minimum atomic E-state index is 0.679. The fraction of sp³-hybridized carbons (Fsp3) is 0.900. The van der Waals surface area contributed by atoms with Gasteiger partial charge in [-0.25, -0.2) is 0 Å². The Bertz CT molecular complexity index is 229. The summed E-state index contributed by atoms with van der Waals surface area (Å²) in [5, 5.41) is 3.90. The first-order chi connectivity index (χ1) is 6.83. The Morgan fingerprint density at radius 1 is 1.21 bits per heavy atom. The van der Waals surface area contributed by atoms with Gasteiger partial charge in [0.2, 0.25) is 0 Å². The standard InChI is InChI=1S/C10H20N3P/c11-12-10-7-3-5-8-4-1-2-6-9(8)13(10)14/h8-9H,1-7,11,14H2/b12-10+. The molecular formula is C10H20N3P. The van der Waals surface area contributed by atoms with Crippen LogP contribution in [0.2, 0.25) is 0 Å². The quantitative estimate of drug-likeness (QED) is 0.380. The normalized spacial score (nSPS) is 36.6. The molecule has 2 rings (SSSR count). The van der Waals surface area contributed by atoms with Gasteiger partial charge in [-0.3, -0.25) is 0 Å². The minimum Gasteiger partial charge on any atom is -0.340 e. The summed E-state index contributed by atoms with van der Waals surface area (Å²) in [6, 6.07) is 0.679. The van der Waals surface area contributed by atoms with E-state index in [4.69, 9.17) is 5.84 Å². The van der Waals surface area contributed by atoms with E-state index < -0.39 is 0 Å². The summed E-state index contributed by atoms with van der Waals surface area (Å²) in [6.45, 7) is 0. The third-order valence-corrected chi connectivity index (χ3v) is 4.33. The maximum Gasteiger partial charge on any atom is 0.127 e. The van der Waals surface area contributed by atoms with Gasteiger partial charge in [-0.2, -0.15) is 5.10 Å². The van der Waals surface area contributed by atoms with Gasteiger partial charge in [0.25, 0.3) is 0 Å². The Labute approximate surface area is 88.4 Å². The molecular weight excluding hydrogens is 193 g/mol. The first-order valence-electron chi connectivity index (χ1n) is 5.63. The molecule has 80 valence electrons. The largest absolute Gasteiger partial charge is 0.340 e. The van der Waals surface area contributed by atoms with Gasteiger partial charge in [-0.15, -0.1) is 0 Å². The van der Waals surface area contributed by atoms with Crippen LogP contribution >= 0.6 is 9.39 Å². The number of amidine groups is 1. The summed E-state index contributed by atoms with van der Waals surface area (Å²) in [7, 11) is 2.82. The van der Waals surface area contributed by atoms with Gasteiger partial charge in [0.15, 0.2) is 0 Å². The van der Waals surface area contributed by atoms with Gasteiger partial charge in [0, 0.05) is 12.5 Å². The van der Waals surface area contributed by atoms with Crippen LogP contribution < -0.4 is 5.84 Å². The maximum absolute atomic E-state index is 5.42. The van der Waals surface area contributed by atoms with Gasteiger partial charge in [0.1, 0.15) is 5.84 Å². The maximum atomic E-state index is 5.42. The first kappa shape index (κ1) is 10.2. The Morgan fingerprint density at radius 2 is 1.93 bits per heavy atom. The molecule has 1 aliphatic heterocycles. The number of hydrogen-bond donors (Lipinski definition) is 1. The van der Waals surface area contributed by atoms with Gasteiger partial charge in [0.05, 0.1) is 0 Å². The summed E-state index contributed by atoms with van der Waals surface area (Å²) in [4.78, 5) is 0. The third-order valence-electron chi connectivity index (χ3n) is 3.65. The highest BCUT2D eigenvalue weighted by Gasteiger charge is 2.32. The summed E-state index contributed by atoms with van der Waals surface area (Å²) in [6.07, 6.45) is 9.14. The van der Waals surface area contributed by atoms with Crippen LogP contribution in [0.25, 0.3) is 0 Å². The zero-order valence-corrected chi connectivity index (χ0v) is 9.81. The average molecular weight is 213 g/mol. The van der Waals surface area contributed by atoms with Crippen molar-refractivity contribution < 1.29 is 0 Å². The predicted molar refractivity (Wildman–Crippen MR) is 62.8 cm³/mol. The van der Waals surface area contributed by atoms with Crippen molar-refractivity contribution in [2.24, 2.45) is 16.9 Å². The molecule has 3 unspecified atom stereocenters. The molecule has 3 atom stereocenters. The summed E-state index contributed by atoms with van der Waals surface area (Å²) < 4.78 is 2.26. The monoisotopic (exact) mass is 213 g/mol. The number of nitrogens with two attached hydrogens (primary N) is 1. The van der Waals surface area contributed by atoms with E-state index in [1.165, 1.54) is 38.5 Å². The van der Waals surface area contributed by atoms with Crippen molar-refractivity contribution in [2.45, 2.75) is 51.0 Å². The molecule has 3 nitrogen and oxygen atoms in total. The van der Waals surface area contributed by atoms with Crippen molar-refractivity contribution in [1.82, 2.24) is 4.67 Å². The van der Waals surface area contributed by atoms with E-state index in [0.29, 0.717) is 6.04 Å². The minimum absolute atomic E-state index is 0.679. The van der Waals surface area contributed by atoms with Crippen molar-refractivity contribution in [2.75, 3.05) is 0 Å². The second kappa shape index (κ2) is 4.48. The molecule has 4 heteroatoms. The fourth-order valence-corrected chi connectivity index (χ4v) is 3.45. The highest BCUT2D eigenvalue weighted by atomic mass is 31.0. The number of hydrogen-bond acceptors (Lipinski definition) is 2. The lowest BCUT2D eigenvalue weighted by Gasteiger charge is -2.36. The van der Waals surface area contributed by atoms with E-state index in [9.17, 15) is 0 Å². The molecule has 2 fully saturated rings. The predicted octanol–water partition coefficient (Wildman–Crippen LogP) is 2.09. The van der Waals surface area contributed by atoms with Crippen molar-refractivity contribution >= 4 is 15.2 Å². The fourth-order valence-electron chi connectivity index (χ4n) is 2.87. The molecule has 0 aromatic heterocycles. The van der Waals surface area contributed by atoms with E-state index in [0.717, 1.165) is 18.2 Å². The van der Waals surface area contributed by atoms with Crippen molar-refractivity contribution in [3.05, 3.63) is 0 Å². The summed E-state index contributed by atoms with van der Waals surface area (Å²) in [5.41, 5.74) is 0. The van der Waals surface area contributed by atoms with E-state index in [2.05, 4.69) is 19.2 Å². The molecule has 2 aliphatic rings. The van der Waals surface area contributed by atoms with Crippen LogP contribution in [0, 0.1) is 5.92 Å². The summed E-state index contributed by atoms with van der Waals surface area (Å²) >= 11 is 0. The molecule has 1 saturated carbocycles. The Morgan fingerprint density at radius 3 is 2.71 bits per heavy atom. The lowest BCUT2D eigenvalue weighted by atomic mass is 9.82. The lowest BCUT2D eigenvalue weighted by Crippen LogP contribution is -2.38. The third kappa shape index (κ3) is 1.88. The van der Waals surface area contributed by atoms with Crippen LogP contribution in [0.4, 0.5) is 0 Å².